The van der Waals surface area contributed by atoms with E-state index in [-0.39, 0.29) is 18.6 Å². The van der Waals surface area contributed by atoms with Crippen molar-refractivity contribution in [3.8, 4) is 17.2 Å². The van der Waals surface area contributed by atoms with Crippen LogP contribution in [0.3, 0.4) is 0 Å². The second kappa shape index (κ2) is 8.58. The third kappa shape index (κ3) is 4.26. The molecule has 5 rings (SSSR count). The molecule has 0 saturated carbocycles. The fraction of sp³-hybridized carbons (Fsp3) is 0.259. The number of fused-ring (bicyclic) bond motifs is 2. The van der Waals surface area contributed by atoms with E-state index in [1.54, 1.807) is 18.3 Å². The number of ketones is 1. The average molecular weight is 472 g/mol. The second-order valence-electron chi connectivity index (χ2n) is 8.94. The lowest BCUT2D eigenvalue weighted by molar-refractivity contribution is -0.132. The maximum Gasteiger partial charge on any atom is 0.268 e. The molecule has 1 fully saturated rings. The molecular weight excluding hydrogens is 450 g/mol. The zero-order valence-electron chi connectivity index (χ0n) is 19.0. The lowest BCUT2D eigenvalue weighted by Crippen LogP contribution is -2.36. The van der Waals surface area contributed by atoms with Crippen molar-refractivity contribution >= 4 is 33.5 Å². The van der Waals surface area contributed by atoms with Crippen LogP contribution in [-0.4, -0.2) is 44.7 Å². The zero-order valence-corrected chi connectivity index (χ0v) is 19.0. The molecule has 3 heterocycles. The average Bonchev–Trinajstić information content (AvgIpc) is 3.39. The van der Waals surface area contributed by atoms with E-state index in [9.17, 15) is 18.4 Å². The van der Waals surface area contributed by atoms with Crippen LogP contribution in [0.1, 0.15) is 29.6 Å². The predicted octanol–water partition coefficient (Wildman–Crippen LogP) is 5.12. The number of rotatable bonds is 5. The lowest BCUT2D eigenvalue weighted by atomic mass is 9.97. The molecule has 2 aromatic heterocycles. The number of hydrogen-bond acceptors (Lipinski definition) is 4. The molecular formula is C27H22F2N4O2. The quantitative estimate of drug-likeness (QED) is 0.378. The monoisotopic (exact) mass is 472 g/mol. The molecule has 0 bridgehead atoms. The molecule has 1 saturated heterocycles. The molecule has 8 heteroatoms. The summed E-state index contributed by atoms with van der Waals surface area (Å²) in [6, 6.07) is 16.1. The van der Waals surface area contributed by atoms with Gasteiger partial charge in [0.2, 0.25) is 5.91 Å². The summed E-state index contributed by atoms with van der Waals surface area (Å²) < 4.78 is 29.4. The first-order chi connectivity index (χ1) is 16.8. The number of hydrogen-bond donors (Lipinski definition) is 0. The molecule has 4 aromatic rings. The zero-order chi connectivity index (χ0) is 24.7. The third-order valence-electron chi connectivity index (χ3n) is 6.57. The number of likely N-dealkylation sites (tertiary alicyclic amines) is 1. The number of aryl methyl sites for hydroxylation is 1. The van der Waals surface area contributed by atoms with Crippen LogP contribution in [0.5, 0.6) is 0 Å². The van der Waals surface area contributed by atoms with Crippen LogP contribution in [0.4, 0.5) is 8.78 Å². The minimum atomic E-state index is -3.08. The van der Waals surface area contributed by atoms with Crippen molar-refractivity contribution in [3.63, 3.8) is 0 Å². The Bertz CT molecular complexity index is 1520. The van der Waals surface area contributed by atoms with Crippen LogP contribution in [0.15, 0.2) is 60.9 Å². The van der Waals surface area contributed by atoms with Crippen molar-refractivity contribution in [2.45, 2.75) is 31.2 Å². The normalized spacial score (nSPS) is 17.1. The summed E-state index contributed by atoms with van der Waals surface area (Å²) >= 11 is 0. The Kier molecular flexibility index (Phi) is 5.56. The number of benzene rings is 2. The van der Waals surface area contributed by atoms with Gasteiger partial charge in [-0.25, -0.2) is 8.78 Å². The Morgan fingerprint density at radius 2 is 1.89 bits per heavy atom. The van der Waals surface area contributed by atoms with E-state index in [4.69, 9.17) is 5.26 Å². The number of halogens is 2. The molecule has 0 unspecified atom stereocenters. The van der Waals surface area contributed by atoms with Crippen LogP contribution in [-0.2, 0) is 11.8 Å². The Hall–Kier alpha value is -4.12. The number of amides is 1. The van der Waals surface area contributed by atoms with Crippen LogP contribution < -0.4 is 0 Å². The molecule has 0 aliphatic carbocycles. The largest absolute Gasteiger partial charge is 0.351 e. The highest BCUT2D eigenvalue weighted by Gasteiger charge is 2.47. The van der Waals surface area contributed by atoms with Crippen molar-refractivity contribution < 1.29 is 18.4 Å². The standard InChI is InChI=1S/C27H22F2N4O2/c1-32-11-9-19-12-17(3-5-24(19)32)18-2-4-23-22(13-18)21(8-10-31-23)25(34)6-7-26(35)33-16-27(28,29)14-20(33)15-30/h2-5,8-13,20H,6-7,14,16H2,1H3/t20-/m0/s1. The number of nitrogens with zero attached hydrogens (tertiary/aromatic N) is 4. The number of aromatic nitrogens is 2. The molecule has 0 radical (unpaired) electrons. The summed E-state index contributed by atoms with van der Waals surface area (Å²) in [5.41, 5.74) is 4.12. The van der Waals surface area contributed by atoms with Crippen molar-refractivity contribution in [2.75, 3.05) is 6.54 Å². The highest BCUT2D eigenvalue weighted by atomic mass is 19.3. The second-order valence-corrected chi connectivity index (χ2v) is 8.94. The fourth-order valence-electron chi connectivity index (χ4n) is 4.72. The minimum absolute atomic E-state index is 0.141. The van der Waals surface area contributed by atoms with E-state index in [2.05, 4.69) is 11.1 Å². The molecule has 35 heavy (non-hydrogen) atoms. The molecule has 2 aromatic carbocycles. The van der Waals surface area contributed by atoms with Gasteiger partial charge in [-0.2, -0.15) is 5.26 Å². The number of alkyl halides is 2. The van der Waals surface area contributed by atoms with Crippen molar-refractivity contribution in [3.05, 3.63) is 66.5 Å². The number of carbonyl (C=O) groups is 2. The smallest absolute Gasteiger partial charge is 0.268 e. The summed E-state index contributed by atoms with van der Waals surface area (Å²) in [5, 5.41) is 10.9. The first-order valence-electron chi connectivity index (χ1n) is 11.3. The Morgan fingerprint density at radius 3 is 2.69 bits per heavy atom. The van der Waals surface area contributed by atoms with E-state index >= 15 is 0 Å². The molecule has 1 aliphatic rings. The van der Waals surface area contributed by atoms with E-state index in [0.29, 0.717) is 16.5 Å². The number of pyridine rings is 1. The van der Waals surface area contributed by atoms with Gasteiger partial charge in [-0.3, -0.25) is 14.6 Å². The Balaban J connectivity index is 1.39. The highest BCUT2D eigenvalue weighted by molar-refractivity contribution is 6.08. The van der Waals surface area contributed by atoms with Gasteiger partial charge in [0.05, 0.1) is 18.1 Å². The van der Waals surface area contributed by atoms with Gasteiger partial charge in [0.1, 0.15) is 6.04 Å². The Labute approximate surface area is 200 Å². The van der Waals surface area contributed by atoms with Gasteiger partial charge in [-0.15, -0.1) is 0 Å². The van der Waals surface area contributed by atoms with Crippen molar-refractivity contribution in [1.82, 2.24) is 14.5 Å². The van der Waals surface area contributed by atoms with Gasteiger partial charge in [-0.05, 0) is 47.5 Å². The molecule has 1 amide bonds. The third-order valence-corrected chi connectivity index (χ3v) is 6.57. The summed E-state index contributed by atoms with van der Waals surface area (Å²) in [7, 11) is 1.99. The molecule has 0 N–H and O–H groups in total. The summed E-state index contributed by atoms with van der Waals surface area (Å²) in [6.07, 6.45) is 2.49. The minimum Gasteiger partial charge on any atom is -0.351 e. The fourth-order valence-corrected chi connectivity index (χ4v) is 4.72. The highest BCUT2D eigenvalue weighted by Crippen LogP contribution is 2.33. The molecule has 1 aliphatic heterocycles. The van der Waals surface area contributed by atoms with Gasteiger partial charge in [0.15, 0.2) is 5.78 Å². The first-order valence-corrected chi connectivity index (χ1v) is 11.3. The number of nitriles is 1. The van der Waals surface area contributed by atoms with Gasteiger partial charge in [-0.1, -0.05) is 12.1 Å². The number of Topliss-reactive ketones (excluding diaryl/α,β-unsaturated/α-hetero) is 1. The maximum atomic E-state index is 13.7. The van der Waals surface area contributed by atoms with Gasteiger partial charge in [0.25, 0.3) is 5.92 Å². The van der Waals surface area contributed by atoms with E-state index in [1.807, 2.05) is 54.2 Å². The molecule has 1 atom stereocenters. The predicted molar refractivity (Wildman–Crippen MR) is 128 cm³/mol. The van der Waals surface area contributed by atoms with E-state index in [0.717, 1.165) is 26.9 Å². The van der Waals surface area contributed by atoms with Crippen molar-refractivity contribution in [1.29, 1.82) is 5.26 Å². The summed E-state index contributed by atoms with van der Waals surface area (Å²) in [6.45, 7) is -0.786. The van der Waals surface area contributed by atoms with Gasteiger partial charge >= 0.3 is 0 Å². The van der Waals surface area contributed by atoms with Crippen molar-refractivity contribution in [2.24, 2.45) is 7.05 Å². The van der Waals surface area contributed by atoms with Crippen LogP contribution >= 0.6 is 0 Å². The SMILES string of the molecule is Cn1ccc2cc(-c3ccc4nccc(C(=O)CCC(=O)N5CC(F)(F)C[C@H]5C#N)c4c3)ccc21. The molecule has 176 valence electrons. The van der Waals surface area contributed by atoms with Crippen LogP contribution in [0, 0.1) is 11.3 Å². The van der Waals surface area contributed by atoms with Crippen LogP contribution in [0.25, 0.3) is 32.9 Å². The maximum absolute atomic E-state index is 13.7. The summed E-state index contributed by atoms with van der Waals surface area (Å²) in [5.74, 6) is -3.97. The topological polar surface area (TPSA) is 79.0 Å². The Morgan fingerprint density at radius 1 is 1.11 bits per heavy atom. The lowest BCUT2D eigenvalue weighted by Gasteiger charge is -2.18. The van der Waals surface area contributed by atoms with E-state index < -0.39 is 30.8 Å². The van der Waals surface area contributed by atoms with Crippen LogP contribution in [0.2, 0.25) is 0 Å². The van der Waals surface area contributed by atoms with Gasteiger partial charge in [0, 0.05) is 60.6 Å². The van der Waals surface area contributed by atoms with Gasteiger partial charge < -0.3 is 9.47 Å². The molecule has 6 nitrogen and oxygen atoms in total. The molecule has 0 spiro atoms. The van der Waals surface area contributed by atoms with E-state index in [1.165, 1.54) is 0 Å². The first kappa shape index (κ1) is 22.7. The number of carbonyl (C=O) groups excluding carboxylic acids is 2. The summed E-state index contributed by atoms with van der Waals surface area (Å²) in [4.78, 5) is 30.8.